The van der Waals surface area contributed by atoms with Crippen LogP contribution in [-0.4, -0.2) is 10.4 Å². The van der Waals surface area contributed by atoms with Crippen LogP contribution in [0.5, 0.6) is 0 Å². The van der Waals surface area contributed by atoms with E-state index >= 15 is 0 Å². The molecule has 0 bridgehead atoms. The SMILES string of the molecule is Cn1cc([C@@H](CC(=O)c2cccc[n+]2[O-])c2ccc(Cl)cc2)c2ccccc21. The molecular formula is C23H19ClN2O2. The number of aryl methyl sites for hydroxylation is 1. The topological polar surface area (TPSA) is 48.9 Å². The van der Waals surface area contributed by atoms with Crippen LogP contribution in [0.3, 0.4) is 0 Å². The van der Waals surface area contributed by atoms with Gasteiger partial charge >= 0.3 is 0 Å². The number of Topliss-reactive ketones (excluding diaryl/α,β-unsaturated/α-hetero) is 1. The number of hydrogen-bond acceptors (Lipinski definition) is 2. The molecule has 5 heteroatoms. The third kappa shape index (κ3) is 3.39. The maximum atomic E-state index is 13.0. The van der Waals surface area contributed by atoms with Gasteiger partial charge in [0.15, 0.2) is 6.20 Å². The first kappa shape index (κ1) is 18.3. The van der Waals surface area contributed by atoms with Crippen molar-refractivity contribution in [1.82, 2.24) is 4.57 Å². The van der Waals surface area contributed by atoms with Gasteiger partial charge in [0.25, 0.3) is 5.69 Å². The van der Waals surface area contributed by atoms with Crippen molar-refractivity contribution < 1.29 is 9.52 Å². The summed E-state index contributed by atoms with van der Waals surface area (Å²) in [5, 5.41) is 13.8. The Morgan fingerprint density at radius 1 is 1.07 bits per heavy atom. The molecular weight excluding hydrogens is 372 g/mol. The first-order chi connectivity index (χ1) is 13.5. The quantitative estimate of drug-likeness (QED) is 0.277. The van der Waals surface area contributed by atoms with Crippen LogP contribution in [0.4, 0.5) is 0 Å². The number of carbonyl (C=O) groups is 1. The predicted octanol–water partition coefficient (Wildman–Crippen LogP) is 4.87. The van der Waals surface area contributed by atoms with Crippen molar-refractivity contribution in [3.05, 3.63) is 106 Å². The second-order valence-electron chi connectivity index (χ2n) is 6.86. The fourth-order valence-electron chi connectivity index (χ4n) is 3.69. The van der Waals surface area contributed by atoms with E-state index in [4.69, 9.17) is 11.6 Å². The summed E-state index contributed by atoms with van der Waals surface area (Å²) in [5.41, 5.74) is 3.30. The summed E-state index contributed by atoms with van der Waals surface area (Å²) in [5.74, 6) is -0.375. The van der Waals surface area contributed by atoms with Crippen molar-refractivity contribution in [2.45, 2.75) is 12.3 Å². The lowest BCUT2D eigenvalue weighted by Gasteiger charge is -2.16. The smallest absolute Gasteiger partial charge is 0.259 e. The molecule has 0 N–H and O–H groups in total. The van der Waals surface area contributed by atoms with Crippen molar-refractivity contribution >= 4 is 28.3 Å². The molecule has 2 heterocycles. The zero-order valence-corrected chi connectivity index (χ0v) is 16.1. The van der Waals surface area contributed by atoms with Gasteiger partial charge in [-0.15, -0.1) is 0 Å². The molecule has 0 saturated carbocycles. The van der Waals surface area contributed by atoms with Crippen LogP contribution in [0, 0.1) is 5.21 Å². The Morgan fingerprint density at radius 3 is 2.54 bits per heavy atom. The van der Waals surface area contributed by atoms with Crippen LogP contribution in [0.2, 0.25) is 5.02 Å². The number of para-hydroxylation sites is 1. The zero-order valence-electron chi connectivity index (χ0n) is 15.4. The van der Waals surface area contributed by atoms with E-state index in [1.54, 1.807) is 18.2 Å². The molecule has 0 aliphatic heterocycles. The molecule has 0 spiro atoms. The minimum Gasteiger partial charge on any atom is -0.618 e. The van der Waals surface area contributed by atoms with E-state index in [1.807, 2.05) is 43.4 Å². The van der Waals surface area contributed by atoms with Crippen molar-refractivity contribution in [2.75, 3.05) is 0 Å². The average Bonchev–Trinajstić information content (AvgIpc) is 3.04. The number of pyridine rings is 1. The van der Waals surface area contributed by atoms with Gasteiger partial charge in [-0.2, -0.15) is 4.73 Å². The van der Waals surface area contributed by atoms with Gasteiger partial charge in [0, 0.05) is 53.6 Å². The number of fused-ring (bicyclic) bond motifs is 1. The Hall–Kier alpha value is -3.11. The maximum Gasteiger partial charge on any atom is 0.259 e. The summed E-state index contributed by atoms with van der Waals surface area (Å²) in [6.45, 7) is 0. The van der Waals surface area contributed by atoms with Gasteiger partial charge in [0.2, 0.25) is 5.78 Å². The van der Waals surface area contributed by atoms with Gasteiger partial charge in [0.05, 0.1) is 0 Å². The predicted molar refractivity (Wildman–Crippen MR) is 111 cm³/mol. The van der Waals surface area contributed by atoms with E-state index in [9.17, 15) is 10.0 Å². The van der Waals surface area contributed by atoms with E-state index in [2.05, 4.69) is 22.9 Å². The average molecular weight is 391 g/mol. The minimum atomic E-state index is -0.191. The summed E-state index contributed by atoms with van der Waals surface area (Å²) in [7, 11) is 2.00. The number of benzene rings is 2. The van der Waals surface area contributed by atoms with E-state index < -0.39 is 0 Å². The van der Waals surface area contributed by atoms with Gasteiger partial charge in [-0.1, -0.05) is 41.9 Å². The summed E-state index contributed by atoms with van der Waals surface area (Å²) in [6.07, 6.45) is 3.61. The molecule has 28 heavy (non-hydrogen) atoms. The molecule has 0 amide bonds. The number of nitrogens with zero attached hydrogens (tertiary/aromatic N) is 2. The summed E-state index contributed by atoms with van der Waals surface area (Å²) < 4.78 is 2.69. The number of rotatable bonds is 5. The van der Waals surface area contributed by atoms with Crippen LogP contribution < -0.4 is 4.73 Å². The van der Waals surface area contributed by atoms with Crippen molar-refractivity contribution in [1.29, 1.82) is 0 Å². The Labute approximate surface area is 168 Å². The van der Waals surface area contributed by atoms with Crippen molar-refractivity contribution in [3.8, 4) is 0 Å². The van der Waals surface area contributed by atoms with Gasteiger partial charge < -0.3 is 9.77 Å². The molecule has 4 aromatic rings. The van der Waals surface area contributed by atoms with Gasteiger partial charge in [-0.3, -0.25) is 4.79 Å². The Bertz CT molecular complexity index is 1150. The van der Waals surface area contributed by atoms with Crippen LogP contribution >= 0.6 is 11.6 Å². The first-order valence-electron chi connectivity index (χ1n) is 9.05. The molecule has 0 radical (unpaired) electrons. The number of halogens is 1. The number of carbonyl (C=O) groups excluding carboxylic acids is 1. The highest BCUT2D eigenvalue weighted by Crippen LogP contribution is 2.35. The molecule has 0 saturated heterocycles. The molecule has 0 aliphatic rings. The number of ketones is 1. The normalized spacial score (nSPS) is 12.2. The molecule has 4 nitrogen and oxygen atoms in total. The fourth-order valence-corrected chi connectivity index (χ4v) is 3.81. The Kier molecular flexibility index (Phi) is 4.88. The monoisotopic (exact) mass is 390 g/mol. The van der Waals surface area contributed by atoms with Crippen molar-refractivity contribution in [2.24, 2.45) is 7.05 Å². The molecule has 1 atom stereocenters. The van der Waals surface area contributed by atoms with Crippen LogP contribution in [0.25, 0.3) is 10.9 Å². The van der Waals surface area contributed by atoms with E-state index in [-0.39, 0.29) is 23.8 Å². The van der Waals surface area contributed by atoms with Gasteiger partial charge in [0.1, 0.15) is 0 Å². The Balaban J connectivity index is 1.81. The summed E-state index contributed by atoms with van der Waals surface area (Å²) in [6, 6.07) is 20.5. The molecule has 4 rings (SSSR count). The molecule has 140 valence electrons. The highest BCUT2D eigenvalue weighted by Gasteiger charge is 2.26. The third-order valence-corrected chi connectivity index (χ3v) is 5.33. The summed E-state index contributed by atoms with van der Waals surface area (Å²) >= 11 is 6.07. The highest BCUT2D eigenvalue weighted by atomic mass is 35.5. The highest BCUT2D eigenvalue weighted by molar-refractivity contribution is 6.30. The first-order valence-corrected chi connectivity index (χ1v) is 9.43. The lowest BCUT2D eigenvalue weighted by Crippen LogP contribution is -2.34. The van der Waals surface area contributed by atoms with Crippen LogP contribution in [-0.2, 0) is 7.05 Å². The molecule has 2 aromatic carbocycles. The standard InChI is InChI=1S/C23H19ClN2O2/c1-25-15-20(18-6-2-3-7-21(18)25)19(16-9-11-17(24)12-10-16)14-23(27)22-8-4-5-13-26(22)28/h2-13,15,19H,14H2,1H3/t19-/m0/s1. The summed E-state index contributed by atoms with van der Waals surface area (Å²) in [4.78, 5) is 13.0. The maximum absolute atomic E-state index is 13.0. The van der Waals surface area contributed by atoms with E-state index in [0.29, 0.717) is 9.75 Å². The minimum absolute atomic E-state index is 0.154. The number of aromatic nitrogens is 2. The fraction of sp³-hybridized carbons (Fsp3) is 0.130. The van der Waals surface area contributed by atoms with Gasteiger partial charge in [-0.05, 0) is 35.4 Å². The lowest BCUT2D eigenvalue weighted by molar-refractivity contribution is -0.607. The van der Waals surface area contributed by atoms with Crippen LogP contribution in [0.15, 0.2) is 79.1 Å². The second kappa shape index (κ2) is 7.49. The number of hydrogen-bond donors (Lipinski definition) is 0. The zero-order chi connectivity index (χ0) is 19.7. The second-order valence-corrected chi connectivity index (χ2v) is 7.29. The molecule has 2 aromatic heterocycles. The molecule has 0 aliphatic carbocycles. The largest absolute Gasteiger partial charge is 0.618 e. The molecule has 0 fully saturated rings. The lowest BCUT2D eigenvalue weighted by atomic mass is 9.86. The third-order valence-electron chi connectivity index (χ3n) is 5.07. The van der Waals surface area contributed by atoms with Gasteiger partial charge in [-0.25, -0.2) is 0 Å². The van der Waals surface area contributed by atoms with E-state index in [0.717, 1.165) is 22.0 Å². The Morgan fingerprint density at radius 2 is 1.79 bits per heavy atom. The van der Waals surface area contributed by atoms with E-state index in [1.165, 1.54) is 6.20 Å². The molecule has 0 unspecified atom stereocenters. The van der Waals surface area contributed by atoms with Crippen LogP contribution in [0.1, 0.15) is 34.0 Å². The van der Waals surface area contributed by atoms with Crippen molar-refractivity contribution in [3.63, 3.8) is 0 Å².